The van der Waals surface area contributed by atoms with Crippen molar-refractivity contribution in [2.24, 2.45) is 0 Å². The lowest BCUT2D eigenvalue weighted by Gasteiger charge is -2.19. The first-order valence-electron chi connectivity index (χ1n) is 8.57. The van der Waals surface area contributed by atoms with Gasteiger partial charge in [0.15, 0.2) is 5.69 Å². The first-order valence-corrected chi connectivity index (χ1v) is 8.57. The van der Waals surface area contributed by atoms with Gasteiger partial charge in [-0.15, -0.1) is 5.10 Å². The third-order valence-electron chi connectivity index (χ3n) is 4.73. The van der Waals surface area contributed by atoms with Crippen molar-refractivity contribution in [3.8, 4) is 0 Å². The van der Waals surface area contributed by atoms with E-state index >= 15 is 0 Å². The van der Waals surface area contributed by atoms with E-state index in [1.807, 2.05) is 12.1 Å². The number of carbonyl (C=O) groups excluding carboxylic acids is 2. The number of ketones is 2. The summed E-state index contributed by atoms with van der Waals surface area (Å²) in [6.45, 7) is 6.89. The molecule has 5 heteroatoms. The zero-order valence-electron chi connectivity index (χ0n) is 15.0. The van der Waals surface area contributed by atoms with Gasteiger partial charge in [0.05, 0.1) is 6.54 Å². The van der Waals surface area contributed by atoms with Gasteiger partial charge in [-0.3, -0.25) is 9.59 Å². The molecule has 0 unspecified atom stereocenters. The molecule has 1 aromatic heterocycles. The van der Waals surface area contributed by atoms with Gasteiger partial charge in [-0.2, -0.15) is 0 Å². The first-order chi connectivity index (χ1) is 12.4. The van der Waals surface area contributed by atoms with Crippen LogP contribution in [0.4, 0.5) is 0 Å². The zero-order valence-corrected chi connectivity index (χ0v) is 15.0. The highest BCUT2D eigenvalue weighted by molar-refractivity contribution is 6.26. The van der Waals surface area contributed by atoms with Crippen molar-refractivity contribution in [1.29, 1.82) is 0 Å². The fourth-order valence-electron chi connectivity index (χ4n) is 3.22. The molecule has 0 bridgehead atoms. The lowest BCUT2D eigenvalue weighted by atomic mass is 9.86. The Bertz CT molecular complexity index is 1020. The predicted molar refractivity (Wildman–Crippen MR) is 97.6 cm³/mol. The molecule has 1 aliphatic rings. The van der Waals surface area contributed by atoms with Crippen molar-refractivity contribution in [2.75, 3.05) is 0 Å². The fraction of sp³-hybridized carbons (Fsp3) is 0.238. The van der Waals surface area contributed by atoms with Crippen LogP contribution >= 0.6 is 0 Å². The largest absolute Gasteiger partial charge is 0.287 e. The van der Waals surface area contributed by atoms with Gasteiger partial charge in [-0.25, -0.2) is 4.68 Å². The van der Waals surface area contributed by atoms with Crippen LogP contribution in [-0.2, 0) is 12.0 Å². The van der Waals surface area contributed by atoms with Crippen molar-refractivity contribution in [2.45, 2.75) is 32.7 Å². The van der Waals surface area contributed by atoms with Gasteiger partial charge in [0.2, 0.25) is 11.6 Å². The van der Waals surface area contributed by atoms with Crippen LogP contribution in [0.15, 0.2) is 48.5 Å². The first kappa shape index (κ1) is 16.4. The summed E-state index contributed by atoms with van der Waals surface area (Å²) >= 11 is 0. The minimum absolute atomic E-state index is 0.0804. The number of carbonyl (C=O) groups is 2. The number of fused-ring (bicyclic) bond motifs is 2. The fourth-order valence-corrected chi connectivity index (χ4v) is 3.22. The van der Waals surface area contributed by atoms with Gasteiger partial charge in [-0.1, -0.05) is 74.5 Å². The molecule has 5 nitrogen and oxygen atoms in total. The van der Waals surface area contributed by atoms with Crippen LogP contribution in [0.3, 0.4) is 0 Å². The molecule has 0 aliphatic heterocycles. The molecule has 1 aliphatic carbocycles. The van der Waals surface area contributed by atoms with Gasteiger partial charge >= 0.3 is 0 Å². The van der Waals surface area contributed by atoms with E-state index in [9.17, 15) is 9.59 Å². The Labute approximate surface area is 151 Å². The molecule has 0 N–H and O–H groups in total. The van der Waals surface area contributed by atoms with Crippen LogP contribution in [0.2, 0.25) is 0 Å². The molecular weight excluding hydrogens is 326 g/mol. The summed E-state index contributed by atoms with van der Waals surface area (Å²) in [7, 11) is 0. The van der Waals surface area contributed by atoms with Gasteiger partial charge < -0.3 is 0 Å². The molecule has 0 amide bonds. The molecule has 1 heterocycles. The van der Waals surface area contributed by atoms with Crippen molar-refractivity contribution in [3.63, 3.8) is 0 Å². The van der Waals surface area contributed by atoms with E-state index < -0.39 is 0 Å². The van der Waals surface area contributed by atoms with Gasteiger partial charge in [-0.05, 0) is 16.5 Å². The summed E-state index contributed by atoms with van der Waals surface area (Å²) in [5, 5.41) is 8.06. The van der Waals surface area contributed by atoms with Gasteiger partial charge in [0.1, 0.15) is 5.69 Å². The number of aromatic nitrogens is 3. The molecule has 0 atom stereocenters. The van der Waals surface area contributed by atoms with Crippen molar-refractivity contribution in [1.82, 2.24) is 15.0 Å². The van der Waals surface area contributed by atoms with Crippen molar-refractivity contribution < 1.29 is 9.59 Å². The molecule has 3 aromatic rings. The minimum Gasteiger partial charge on any atom is -0.287 e. The highest BCUT2D eigenvalue weighted by Crippen LogP contribution is 2.26. The third kappa shape index (κ3) is 2.56. The number of nitrogens with zero attached hydrogens (tertiary/aromatic N) is 3. The molecule has 26 heavy (non-hydrogen) atoms. The Morgan fingerprint density at radius 2 is 1.50 bits per heavy atom. The van der Waals surface area contributed by atoms with Crippen LogP contribution in [0.1, 0.15) is 64.0 Å². The van der Waals surface area contributed by atoms with E-state index in [0.29, 0.717) is 17.7 Å². The summed E-state index contributed by atoms with van der Waals surface area (Å²) in [4.78, 5) is 25.5. The quantitative estimate of drug-likeness (QED) is 0.558. The summed E-state index contributed by atoms with van der Waals surface area (Å²) in [6, 6.07) is 15.1. The van der Waals surface area contributed by atoms with Crippen LogP contribution < -0.4 is 0 Å². The van der Waals surface area contributed by atoms with Gasteiger partial charge in [0, 0.05) is 11.1 Å². The Hall–Kier alpha value is -3.08. The van der Waals surface area contributed by atoms with Crippen LogP contribution in [0.5, 0.6) is 0 Å². The molecule has 4 rings (SSSR count). The minimum atomic E-state index is -0.246. The Kier molecular flexibility index (Phi) is 3.61. The number of hydrogen-bond acceptors (Lipinski definition) is 4. The van der Waals surface area contributed by atoms with Crippen molar-refractivity contribution in [3.05, 3.63) is 82.2 Å². The molecule has 2 aromatic carbocycles. The number of benzene rings is 2. The molecular formula is C21H19N3O2. The van der Waals surface area contributed by atoms with E-state index in [-0.39, 0.29) is 28.4 Å². The smallest absolute Gasteiger partial charge is 0.216 e. The SMILES string of the molecule is CC(C)(C)c1ccc(Cn2nnc3c2C(=O)c2ccccc2C3=O)cc1. The van der Waals surface area contributed by atoms with E-state index in [0.717, 1.165) is 5.56 Å². The Balaban J connectivity index is 1.70. The predicted octanol–water partition coefficient (Wildman–Crippen LogP) is 3.40. The molecule has 130 valence electrons. The maximum absolute atomic E-state index is 12.9. The highest BCUT2D eigenvalue weighted by atomic mass is 16.1. The van der Waals surface area contributed by atoms with E-state index in [1.165, 1.54) is 10.2 Å². The van der Waals surface area contributed by atoms with E-state index in [4.69, 9.17) is 0 Å². The van der Waals surface area contributed by atoms with E-state index in [1.54, 1.807) is 24.3 Å². The molecule has 0 radical (unpaired) electrons. The topological polar surface area (TPSA) is 64.8 Å². The average Bonchev–Trinajstić information content (AvgIpc) is 3.03. The van der Waals surface area contributed by atoms with Crippen LogP contribution in [0.25, 0.3) is 0 Å². The van der Waals surface area contributed by atoms with Crippen LogP contribution in [-0.4, -0.2) is 26.6 Å². The summed E-state index contributed by atoms with van der Waals surface area (Å²) in [5.74, 6) is -0.448. The summed E-state index contributed by atoms with van der Waals surface area (Å²) in [5.41, 5.74) is 3.54. The van der Waals surface area contributed by atoms with Crippen LogP contribution in [0, 0.1) is 0 Å². The normalized spacial score (nSPS) is 13.5. The molecule has 0 spiro atoms. The molecule has 0 saturated carbocycles. The lowest BCUT2D eigenvalue weighted by Crippen LogP contribution is -2.23. The summed E-state index contributed by atoms with van der Waals surface area (Å²) in [6.07, 6.45) is 0. The molecule has 0 fully saturated rings. The Morgan fingerprint density at radius 1 is 0.885 bits per heavy atom. The van der Waals surface area contributed by atoms with Gasteiger partial charge in [0.25, 0.3) is 0 Å². The summed E-state index contributed by atoms with van der Waals surface area (Å²) < 4.78 is 1.53. The maximum Gasteiger partial charge on any atom is 0.216 e. The second-order valence-corrected chi connectivity index (χ2v) is 7.60. The monoisotopic (exact) mass is 345 g/mol. The second kappa shape index (κ2) is 5.73. The number of rotatable bonds is 2. The third-order valence-corrected chi connectivity index (χ3v) is 4.73. The maximum atomic E-state index is 12.9. The standard InChI is InChI=1S/C21H19N3O2/c1-21(2,3)14-10-8-13(9-11-14)12-24-18-17(22-23-24)19(25)15-6-4-5-7-16(15)20(18)26/h4-11H,12H2,1-3H3. The van der Waals surface area contributed by atoms with E-state index in [2.05, 4.69) is 43.2 Å². The number of hydrogen-bond donors (Lipinski definition) is 0. The second-order valence-electron chi connectivity index (χ2n) is 7.60. The zero-order chi connectivity index (χ0) is 18.5. The average molecular weight is 345 g/mol. The Morgan fingerprint density at radius 3 is 2.12 bits per heavy atom. The van der Waals surface area contributed by atoms with Crippen molar-refractivity contribution >= 4 is 11.6 Å². The lowest BCUT2D eigenvalue weighted by molar-refractivity contribution is 0.0971. The highest BCUT2D eigenvalue weighted by Gasteiger charge is 2.34. The molecule has 0 saturated heterocycles.